The van der Waals surface area contributed by atoms with Crippen molar-refractivity contribution >= 4 is 17.5 Å². The Balaban J connectivity index is 1.37. The molecule has 2 aliphatic heterocycles. The lowest BCUT2D eigenvalue weighted by atomic mass is 10.3. The molecule has 3 aromatic rings. The van der Waals surface area contributed by atoms with Crippen LogP contribution in [0, 0.1) is 6.92 Å². The normalized spacial score (nSPS) is 18.8. The van der Waals surface area contributed by atoms with Crippen LogP contribution in [0.25, 0.3) is 5.69 Å². The van der Waals surface area contributed by atoms with Crippen LogP contribution in [0.2, 0.25) is 0 Å². The topological polar surface area (TPSA) is 67.2 Å². The summed E-state index contributed by atoms with van der Waals surface area (Å²) in [6.45, 7) is 3.44. The highest BCUT2D eigenvalue weighted by Crippen LogP contribution is 2.28. The van der Waals surface area contributed by atoms with Crippen LogP contribution < -0.4 is 9.80 Å². The highest BCUT2D eigenvalue weighted by atomic mass is 19.1. The molecule has 0 spiro atoms. The smallest absolute Gasteiger partial charge is 0.263 e. The van der Waals surface area contributed by atoms with E-state index in [1.165, 1.54) is 0 Å². The average Bonchev–Trinajstić information content (AvgIpc) is 3.38. The first-order valence-electron chi connectivity index (χ1n) is 9.27. The van der Waals surface area contributed by atoms with E-state index in [0.717, 1.165) is 22.8 Å². The number of pyridine rings is 2. The Hall–Kier alpha value is -3.29. The molecule has 2 aliphatic rings. The summed E-state index contributed by atoms with van der Waals surface area (Å²) in [4.78, 5) is 25.1. The Bertz CT molecular complexity index is 1050. The predicted octanol–water partition coefficient (Wildman–Crippen LogP) is 2.68. The minimum absolute atomic E-state index is 0.102. The quantitative estimate of drug-likeness (QED) is 0.701. The maximum absolute atomic E-state index is 13.4. The van der Waals surface area contributed by atoms with Gasteiger partial charge in [0.15, 0.2) is 0 Å². The van der Waals surface area contributed by atoms with Crippen LogP contribution in [-0.4, -0.2) is 44.9 Å². The molecule has 142 valence electrons. The molecule has 3 aromatic heterocycles. The van der Waals surface area contributed by atoms with Crippen LogP contribution in [0.5, 0.6) is 0 Å². The molecule has 0 bridgehead atoms. The fourth-order valence-electron chi connectivity index (χ4n) is 3.68. The van der Waals surface area contributed by atoms with Crippen molar-refractivity contribution in [1.29, 1.82) is 0 Å². The second-order valence-electron chi connectivity index (χ2n) is 7.22. The van der Waals surface area contributed by atoms with E-state index < -0.39 is 6.17 Å². The lowest BCUT2D eigenvalue weighted by molar-refractivity contribution is 0.0995. The Kier molecular flexibility index (Phi) is 3.85. The van der Waals surface area contributed by atoms with Crippen LogP contribution in [0.3, 0.4) is 0 Å². The highest BCUT2D eigenvalue weighted by molar-refractivity contribution is 6.09. The zero-order chi connectivity index (χ0) is 19.3. The minimum Gasteiger partial charge on any atom is -0.354 e. The van der Waals surface area contributed by atoms with Crippen molar-refractivity contribution in [3.05, 3.63) is 59.7 Å². The number of halogens is 1. The lowest BCUT2D eigenvalue weighted by Crippen LogP contribution is -2.24. The number of aryl methyl sites for hydroxylation is 1. The summed E-state index contributed by atoms with van der Waals surface area (Å²) in [7, 11) is 0. The summed E-state index contributed by atoms with van der Waals surface area (Å²) in [5.74, 6) is 1.30. The number of carbonyl (C=O) groups is 1. The third-order valence-electron chi connectivity index (χ3n) is 5.20. The van der Waals surface area contributed by atoms with Gasteiger partial charge in [-0.3, -0.25) is 9.69 Å². The summed E-state index contributed by atoms with van der Waals surface area (Å²) in [6, 6.07) is 7.54. The first-order valence-corrected chi connectivity index (χ1v) is 9.27. The maximum atomic E-state index is 13.4. The molecular weight excluding hydrogens is 359 g/mol. The molecule has 0 aliphatic carbocycles. The Morgan fingerprint density at radius 3 is 2.75 bits per heavy atom. The molecule has 0 radical (unpaired) electrons. The number of fused-ring (bicyclic) bond motifs is 1. The van der Waals surface area contributed by atoms with E-state index in [1.54, 1.807) is 28.2 Å². The number of nitrogens with zero attached hydrogens (tertiary/aromatic N) is 6. The molecular formula is C20H19FN6O. The van der Waals surface area contributed by atoms with E-state index in [1.807, 2.05) is 36.1 Å². The van der Waals surface area contributed by atoms with Gasteiger partial charge in [-0.05, 0) is 43.2 Å². The van der Waals surface area contributed by atoms with Crippen molar-refractivity contribution in [1.82, 2.24) is 19.7 Å². The number of aromatic nitrogens is 4. The molecule has 7 nitrogen and oxygen atoms in total. The van der Waals surface area contributed by atoms with E-state index in [-0.39, 0.29) is 5.91 Å². The van der Waals surface area contributed by atoms with Gasteiger partial charge in [-0.25, -0.2) is 19.0 Å². The Labute approximate surface area is 161 Å². The summed E-state index contributed by atoms with van der Waals surface area (Å²) in [5, 5.41) is 4.56. The SMILES string of the molecule is Cc1ccnc(N2Cc3nn(-c4ccc(N5CC[C@H](F)C5)nc4)cc3C2=O)c1. The molecule has 0 N–H and O–H groups in total. The van der Waals surface area contributed by atoms with Gasteiger partial charge in [0.2, 0.25) is 0 Å². The summed E-state index contributed by atoms with van der Waals surface area (Å²) >= 11 is 0. The molecule has 1 saturated heterocycles. The van der Waals surface area contributed by atoms with Gasteiger partial charge in [0.05, 0.1) is 36.2 Å². The second-order valence-corrected chi connectivity index (χ2v) is 7.22. The monoisotopic (exact) mass is 378 g/mol. The van der Waals surface area contributed by atoms with Crippen molar-refractivity contribution in [3.63, 3.8) is 0 Å². The largest absolute Gasteiger partial charge is 0.354 e. The lowest BCUT2D eigenvalue weighted by Gasteiger charge is -2.16. The average molecular weight is 378 g/mol. The number of carbonyl (C=O) groups excluding carboxylic acids is 1. The molecule has 1 fully saturated rings. The van der Waals surface area contributed by atoms with Crippen molar-refractivity contribution in [3.8, 4) is 5.69 Å². The van der Waals surface area contributed by atoms with Gasteiger partial charge in [-0.2, -0.15) is 5.10 Å². The predicted molar refractivity (Wildman–Crippen MR) is 103 cm³/mol. The van der Waals surface area contributed by atoms with E-state index in [2.05, 4.69) is 15.1 Å². The van der Waals surface area contributed by atoms with Crippen molar-refractivity contribution in [2.75, 3.05) is 22.9 Å². The van der Waals surface area contributed by atoms with Crippen LogP contribution >= 0.6 is 0 Å². The Morgan fingerprint density at radius 2 is 2.07 bits per heavy atom. The minimum atomic E-state index is -0.785. The number of anilines is 2. The number of alkyl halides is 1. The van der Waals surface area contributed by atoms with Gasteiger partial charge in [-0.1, -0.05) is 0 Å². The molecule has 0 unspecified atom stereocenters. The van der Waals surface area contributed by atoms with E-state index >= 15 is 0 Å². The van der Waals surface area contributed by atoms with Gasteiger partial charge in [0.25, 0.3) is 5.91 Å². The first-order chi connectivity index (χ1) is 13.6. The van der Waals surface area contributed by atoms with Gasteiger partial charge in [-0.15, -0.1) is 0 Å². The summed E-state index contributed by atoms with van der Waals surface area (Å²) in [6.07, 6.45) is 4.90. The molecule has 0 saturated carbocycles. The van der Waals surface area contributed by atoms with Crippen LogP contribution in [0.15, 0.2) is 42.9 Å². The molecule has 8 heteroatoms. The summed E-state index contributed by atoms with van der Waals surface area (Å²) in [5.41, 5.74) is 3.11. The fraction of sp³-hybridized carbons (Fsp3) is 0.300. The highest BCUT2D eigenvalue weighted by Gasteiger charge is 2.32. The maximum Gasteiger partial charge on any atom is 0.263 e. The van der Waals surface area contributed by atoms with Gasteiger partial charge >= 0.3 is 0 Å². The third-order valence-corrected chi connectivity index (χ3v) is 5.20. The molecule has 1 atom stereocenters. The number of hydrogen-bond donors (Lipinski definition) is 0. The van der Waals surface area contributed by atoms with Crippen LogP contribution in [-0.2, 0) is 6.54 Å². The van der Waals surface area contributed by atoms with E-state index in [4.69, 9.17) is 0 Å². The summed E-state index contributed by atoms with van der Waals surface area (Å²) < 4.78 is 15.1. The standard InChI is InChI=1S/C20H19FN6O/c1-13-4-6-22-19(8-13)26-12-17-16(20(26)28)11-27(24-17)15-2-3-18(23-9-15)25-7-5-14(21)10-25/h2-4,6,8-9,11,14H,5,7,10,12H2,1H3/t14-/m0/s1. The van der Waals surface area contributed by atoms with Crippen molar-refractivity contribution in [2.24, 2.45) is 0 Å². The van der Waals surface area contributed by atoms with Gasteiger partial charge < -0.3 is 4.90 Å². The van der Waals surface area contributed by atoms with Crippen molar-refractivity contribution in [2.45, 2.75) is 26.1 Å². The number of rotatable bonds is 3. The Morgan fingerprint density at radius 1 is 1.18 bits per heavy atom. The molecule has 0 aromatic carbocycles. The molecule has 5 heterocycles. The van der Waals surface area contributed by atoms with Crippen molar-refractivity contribution < 1.29 is 9.18 Å². The van der Waals surface area contributed by atoms with Crippen LogP contribution in [0.1, 0.15) is 28.0 Å². The molecule has 5 rings (SSSR count). The van der Waals surface area contributed by atoms with Gasteiger partial charge in [0.1, 0.15) is 17.8 Å². The van der Waals surface area contributed by atoms with Gasteiger partial charge in [0, 0.05) is 18.9 Å². The second kappa shape index (κ2) is 6.40. The zero-order valence-electron chi connectivity index (χ0n) is 15.4. The first kappa shape index (κ1) is 16.9. The van der Waals surface area contributed by atoms with E-state index in [0.29, 0.717) is 37.4 Å². The zero-order valence-corrected chi connectivity index (χ0v) is 15.4. The van der Waals surface area contributed by atoms with E-state index in [9.17, 15) is 9.18 Å². The molecule has 1 amide bonds. The third kappa shape index (κ3) is 2.81. The molecule has 28 heavy (non-hydrogen) atoms. The fourth-order valence-corrected chi connectivity index (χ4v) is 3.68. The van der Waals surface area contributed by atoms with Crippen LogP contribution in [0.4, 0.5) is 16.0 Å². The number of hydrogen-bond acceptors (Lipinski definition) is 5. The number of amides is 1.